The van der Waals surface area contributed by atoms with Gasteiger partial charge in [-0.1, -0.05) is 4.89 Å². The van der Waals surface area contributed by atoms with E-state index in [9.17, 15) is 13.2 Å². The second-order valence-electron chi connectivity index (χ2n) is 0.827. The average Bonchev–Trinajstić information content (AvgIpc) is 1.59. The number of halogens is 3. The summed E-state index contributed by atoms with van der Waals surface area (Å²) in [7, 11) is 0. The fourth-order valence-corrected chi connectivity index (χ4v) is 0.0727. The molecule has 0 aromatic heterocycles. The van der Waals surface area contributed by atoms with Crippen molar-refractivity contribution in [2.75, 3.05) is 0 Å². The SMILES string of the molecule is O=[N+]([O-])OOC(F)(F)F. The molecule has 0 aromatic carbocycles. The third kappa shape index (κ3) is 6.95. The van der Waals surface area contributed by atoms with E-state index in [1.165, 1.54) is 0 Å². The van der Waals surface area contributed by atoms with Crippen molar-refractivity contribution in [2.45, 2.75) is 6.36 Å². The molecule has 5 nitrogen and oxygen atoms in total. The van der Waals surface area contributed by atoms with Crippen LogP contribution in [0.4, 0.5) is 13.2 Å². The van der Waals surface area contributed by atoms with Crippen molar-refractivity contribution in [1.82, 2.24) is 0 Å². The zero-order chi connectivity index (χ0) is 7.49. The molecule has 0 spiro atoms. The van der Waals surface area contributed by atoms with Gasteiger partial charge >= 0.3 is 11.4 Å². The molecular formula is CF3NO4. The predicted octanol–water partition coefficient (Wildman–Crippen LogP) is 0.646. The van der Waals surface area contributed by atoms with Crippen LogP contribution in [0.3, 0.4) is 0 Å². The predicted molar refractivity (Wildman–Crippen MR) is 15.2 cm³/mol. The Balaban J connectivity index is 3.39. The van der Waals surface area contributed by atoms with Crippen molar-refractivity contribution in [3.05, 3.63) is 10.1 Å². The fraction of sp³-hybridized carbons (Fsp3) is 1.00. The lowest BCUT2D eigenvalue weighted by molar-refractivity contribution is -0.872. The molecule has 0 N–H and O–H groups in total. The number of hydrogen-bond donors (Lipinski definition) is 0. The Kier molecular flexibility index (Phi) is 2.20. The van der Waals surface area contributed by atoms with Crippen LogP contribution < -0.4 is 0 Å². The van der Waals surface area contributed by atoms with Gasteiger partial charge in [0, 0.05) is 0 Å². The minimum atomic E-state index is -5.13. The number of nitrogens with zero attached hydrogens (tertiary/aromatic N) is 1. The van der Waals surface area contributed by atoms with Gasteiger partial charge in [-0.25, -0.2) is 0 Å². The topological polar surface area (TPSA) is 61.6 Å². The second-order valence-corrected chi connectivity index (χ2v) is 0.827. The highest BCUT2D eigenvalue weighted by Gasteiger charge is 2.32. The van der Waals surface area contributed by atoms with Crippen LogP contribution >= 0.6 is 0 Å². The highest BCUT2D eigenvalue weighted by atomic mass is 19.4. The molecule has 0 rings (SSSR count). The summed E-state index contributed by atoms with van der Waals surface area (Å²) < 4.78 is 32.3. The molecular weight excluding hydrogens is 147 g/mol. The van der Waals surface area contributed by atoms with Gasteiger partial charge in [0.2, 0.25) is 0 Å². The van der Waals surface area contributed by atoms with E-state index >= 15 is 0 Å². The molecule has 0 aliphatic carbocycles. The Morgan fingerprint density at radius 3 is 2.00 bits per heavy atom. The maximum atomic E-state index is 10.8. The molecule has 0 saturated heterocycles. The Hall–Kier alpha value is -1.05. The van der Waals surface area contributed by atoms with E-state index in [0.29, 0.717) is 0 Å². The van der Waals surface area contributed by atoms with E-state index in [-0.39, 0.29) is 0 Å². The summed E-state index contributed by atoms with van der Waals surface area (Å²) in [5.74, 6) is 0. The molecule has 0 heterocycles. The third-order valence-electron chi connectivity index (χ3n) is 0.193. The van der Waals surface area contributed by atoms with Crippen LogP contribution in [-0.2, 0) is 9.88 Å². The van der Waals surface area contributed by atoms with Crippen LogP contribution in [0.15, 0.2) is 0 Å². The fourth-order valence-electron chi connectivity index (χ4n) is 0.0727. The Morgan fingerprint density at radius 1 is 1.44 bits per heavy atom. The van der Waals surface area contributed by atoms with Crippen molar-refractivity contribution < 1.29 is 28.1 Å². The minimum Gasteiger partial charge on any atom is -0.142 e. The Bertz CT molecular complexity index is 109. The zero-order valence-corrected chi connectivity index (χ0v) is 3.71. The van der Waals surface area contributed by atoms with E-state index in [1.54, 1.807) is 0 Å². The van der Waals surface area contributed by atoms with Gasteiger partial charge in [-0.05, 0) is 0 Å². The van der Waals surface area contributed by atoms with Gasteiger partial charge in [0.1, 0.15) is 0 Å². The first kappa shape index (κ1) is 7.95. The Labute approximate surface area is 46.0 Å². The van der Waals surface area contributed by atoms with Gasteiger partial charge in [-0.15, -0.1) is 28.3 Å². The lowest BCUT2D eigenvalue weighted by Crippen LogP contribution is -2.16. The summed E-state index contributed by atoms with van der Waals surface area (Å²) in [5, 5.41) is 7.29. The number of alkyl halides is 3. The van der Waals surface area contributed by atoms with Gasteiger partial charge in [0.25, 0.3) is 0 Å². The van der Waals surface area contributed by atoms with E-state index < -0.39 is 11.4 Å². The molecule has 0 bridgehead atoms. The highest BCUT2D eigenvalue weighted by molar-refractivity contribution is 4.11. The van der Waals surface area contributed by atoms with Crippen LogP contribution in [0.1, 0.15) is 0 Å². The lowest BCUT2D eigenvalue weighted by atomic mass is 11.4. The summed E-state index contributed by atoms with van der Waals surface area (Å²) in [6.45, 7) is 0. The van der Waals surface area contributed by atoms with Crippen LogP contribution in [-0.4, -0.2) is 11.4 Å². The summed E-state index contributed by atoms with van der Waals surface area (Å²) >= 11 is 0. The molecule has 0 radical (unpaired) electrons. The van der Waals surface area contributed by atoms with E-state index in [0.717, 1.165) is 0 Å². The third-order valence-corrected chi connectivity index (χ3v) is 0.193. The normalized spacial score (nSPS) is 11.0. The van der Waals surface area contributed by atoms with Crippen molar-refractivity contribution in [2.24, 2.45) is 0 Å². The highest BCUT2D eigenvalue weighted by Crippen LogP contribution is 2.15. The summed E-state index contributed by atoms with van der Waals surface area (Å²) in [6, 6.07) is 0. The van der Waals surface area contributed by atoms with Crippen LogP contribution in [0.2, 0.25) is 0 Å². The van der Waals surface area contributed by atoms with Crippen LogP contribution in [0, 0.1) is 10.1 Å². The number of rotatable bonds is 2. The number of hydrogen-bond acceptors (Lipinski definition) is 4. The van der Waals surface area contributed by atoms with Crippen molar-refractivity contribution >= 4 is 0 Å². The molecule has 0 fully saturated rings. The first-order valence-corrected chi connectivity index (χ1v) is 1.49. The van der Waals surface area contributed by atoms with Gasteiger partial charge in [-0.2, -0.15) is 0 Å². The molecule has 0 aromatic rings. The van der Waals surface area contributed by atoms with Crippen molar-refractivity contribution in [3.8, 4) is 0 Å². The molecule has 54 valence electrons. The lowest BCUT2D eigenvalue weighted by Gasteiger charge is -2.00. The van der Waals surface area contributed by atoms with E-state index in [4.69, 9.17) is 10.1 Å². The maximum Gasteiger partial charge on any atom is 0.549 e. The van der Waals surface area contributed by atoms with E-state index in [1.807, 2.05) is 0 Å². The molecule has 0 saturated carbocycles. The summed E-state index contributed by atoms with van der Waals surface area (Å²) in [5.41, 5.74) is 0. The standard InChI is InChI=1S/CF3NO4/c2-1(3,4)8-9-5(6)7. The molecule has 0 amide bonds. The summed E-state index contributed by atoms with van der Waals surface area (Å²) in [4.78, 5) is 13.8. The Morgan fingerprint density at radius 2 is 1.89 bits per heavy atom. The molecule has 0 atom stereocenters. The monoisotopic (exact) mass is 147 g/mol. The van der Waals surface area contributed by atoms with Crippen molar-refractivity contribution in [1.29, 1.82) is 0 Å². The minimum absolute atomic E-state index is 1.71. The van der Waals surface area contributed by atoms with Gasteiger partial charge in [0.05, 0.1) is 0 Å². The van der Waals surface area contributed by atoms with Gasteiger partial charge in [0.15, 0.2) is 0 Å². The quantitative estimate of drug-likeness (QED) is 0.326. The average molecular weight is 147 g/mol. The molecule has 0 unspecified atom stereocenters. The zero-order valence-electron chi connectivity index (χ0n) is 3.71. The smallest absolute Gasteiger partial charge is 0.142 e. The van der Waals surface area contributed by atoms with Gasteiger partial charge in [-0.3, -0.25) is 0 Å². The maximum absolute atomic E-state index is 10.8. The second kappa shape index (κ2) is 2.49. The molecule has 8 heteroatoms. The first-order chi connectivity index (χ1) is 3.92. The molecule has 0 aliphatic heterocycles. The molecule has 9 heavy (non-hydrogen) atoms. The molecule has 0 aliphatic rings. The largest absolute Gasteiger partial charge is 0.549 e. The van der Waals surface area contributed by atoms with Gasteiger partial charge < -0.3 is 0 Å². The van der Waals surface area contributed by atoms with Crippen molar-refractivity contribution in [3.63, 3.8) is 0 Å². The van der Waals surface area contributed by atoms with Crippen LogP contribution in [0.5, 0.6) is 0 Å². The summed E-state index contributed by atoms with van der Waals surface area (Å²) in [6.07, 6.45) is -5.13. The van der Waals surface area contributed by atoms with E-state index in [2.05, 4.69) is 9.88 Å². The first-order valence-electron chi connectivity index (χ1n) is 1.49. The van der Waals surface area contributed by atoms with Crippen LogP contribution in [0.25, 0.3) is 0 Å².